The molecule has 3 aromatic carbocycles. The lowest BCUT2D eigenvalue weighted by molar-refractivity contribution is -0.145. The van der Waals surface area contributed by atoms with Gasteiger partial charge >= 0.3 is 5.97 Å². The second kappa shape index (κ2) is 7.64. The van der Waals surface area contributed by atoms with Crippen molar-refractivity contribution in [2.75, 3.05) is 4.90 Å². The van der Waals surface area contributed by atoms with E-state index in [0.717, 1.165) is 5.56 Å². The lowest BCUT2D eigenvalue weighted by Crippen LogP contribution is -2.29. The lowest BCUT2D eigenvalue weighted by atomic mass is 10.0. The van der Waals surface area contributed by atoms with Gasteiger partial charge in [0, 0.05) is 16.8 Å². The second-order valence-electron chi connectivity index (χ2n) is 6.58. The Morgan fingerprint density at radius 2 is 1.61 bits per heavy atom. The highest BCUT2D eigenvalue weighted by atomic mass is 19.1. The molecule has 0 radical (unpaired) electrons. The van der Waals surface area contributed by atoms with Gasteiger partial charge in [-0.3, -0.25) is 9.59 Å². The van der Waals surface area contributed by atoms with Gasteiger partial charge < -0.3 is 9.64 Å². The van der Waals surface area contributed by atoms with Crippen LogP contribution in [0, 0.1) is 5.82 Å². The lowest BCUT2D eigenvalue weighted by Gasteiger charge is -2.25. The first kappa shape index (κ1) is 17.9. The van der Waals surface area contributed by atoms with E-state index in [0.29, 0.717) is 5.69 Å². The van der Waals surface area contributed by atoms with E-state index in [-0.39, 0.29) is 30.1 Å². The summed E-state index contributed by atoms with van der Waals surface area (Å²) < 4.78 is 19.9. The first-order valence-electron chi connectivity index (χ1n) is 9.01. The summed E-state index contributed by atoms with van der Waals surface area (Å²) in [6.07, 6.45) is -0.124. The molecule has 0 fully saturated rings. The second-order valence-corrected chi connectivity index (χ2v) is 6.58. The van der Waals surface area contributed by atoms with Gasteiger partial charge in [0.05, 0.1) is 12.5 Å². The van der Waals surface area contributed by atoms with Crippen molar-refractivity contribution in [2.45, 2.75) is 19.1 Å². The van der Waals surface area contributed by atoms with Crippen LogP contribution < -0.4 is 4.90 Å². The van der Waals surface area contributed by atoms with Gasteiger partial charge in [-0.2, -0.15) is 0 Å². The number of esters is 1. The van der Waals surface area contributed by atoms with Gasteiger partial charge in [-0.05, 0) is 29.8 Å². The van der Waals surface area contributed by atoms with Gasteiger partial charge in [-0.15, -0.1) is 0 Å². The first-order chi connectivity index (χ1) is 13.6. The van der Waals surface area contributed by atoms with E-state index in [1.807, 2.05) is 36.4 Å². The number of amides is 1. The Morgan fingerprint density at radius 3 is 2.32 bits per heavy atom. The van der Waals surface area contributed by atoms with Gasteiger partial charge in [0.2, 0.25) is 0 Å². The van der Waals surface area contributed by atoms with E-state index in [1.54, 1.807) is 30.3 Å². The molecular formula is C23H18FNO3. The van der Waals surface area contributed by atoms with Crippen molar-refractivity contribution in [3.63, 3.8) is 0 Å². The molecule has 0 saturated heterocycles. The maximum absolute atomic E-state index is 14.6. The van der Waals surface area contributed by atoms with Gasteiger partial charge in [0.25, 0.3) is 5.91 Å². The minimum absolute atomic E-state index is 0.124. The van der Waals surface area contributed by atoms with Gasteiger partial charge in [0.15, 0.2) is 0 Å². The number of benzene rings is 3. The van der Waals surface area contributed by atoms with E-state index in [1.165, 1.54) is 17.0 Å². The summed E-state index contributed by atoms with van der Waals surface area (Å²) in [5.41, 5.74) is 2.01. The SMILES string of the molecule is O=C(CC1c2c(F)cccc2C(=O)N1c1ccccc1)OCc1ccccc1. The van der Waals surface area contributed by atoms with E-state index < -0.39 is 17.8 Å². The normalized spacial score (nSPS) is 15.4. The molecule has 3 aromatic rings. The fraction of sp³-hybridized carbons (Fsp3) is 0.130. The van der Waals surface area contributed by atoms with Crippen LogP contribution in [0.3, 0.4) is 0 Å². The number of carbonyl (C=O) groups is 2. The molecule has 28 heavy (non-hydrogen) atoms. The van der Waals surface area contributed by atoms with Crippen LogP contribution in [0.1, 0.15) is 33.9 Å². The third kappa shape index (κ3) is 3.39. The molecule has 0 aliphatic carbocycles. The topological polar surface area (TPSA) is 46.6 Å². The zero-order valence-corrected chi connectivity index (χ0v) is 15.0. The van der Waals surface area contributed by atoms with Gasteiger partial charge in [-0.1, -0.05) is 54.6 Å². The van der Waals surface area contributed by atoms with Crippen molar-refractivity contribution < 1.29 is 18.7 Å². The van der Waals surface area contributed by atoms with E-state index in [9.17, 15) is 14.0 Å². The molecule has 0 spiro atoms. The van der Waals surface area contributed by atoms with Crippen LogP contribution in [0.15, 0.2) is 78.9 Å². The maximum Gasteiger partial charge on any atom is 0.308 e. The average molecular weight is 375 g/mol. The van der Waals surface area contributed by atoms with Crippen LogP contribution in [-0.4, -0.2) is 11.9 Å². The van der Waals surface area contributed by atoms with Crippen LogP contribution in [0.2, 0.25) is 0 Å². The summed E-state index contributed by atoms with van der Waals surface area (Å²) in [6.45, 7) is 0.135. The number of carbonyl (C=O) groups excluding carboxylic acids is 2. The Hall–Kier alpha value is -3.47. The minimum atomic E-state index is -0.741. The fourth-order valence-electron chi connectivity index (χ4n) is 3.50. The van der Waals surface area contributed by atoms with Crippen molar-refractivity contribution in [1.29, 1.82) is 0 Å². The number of hydrogen-bond acceptors (Lipinski definition) is 3. The number of para-hydroxylation sites is 1. The molecule has 1 aliphatic rings. The van der Waals surface area contributed by atoms with Crippen LogP contribution in [0.25, 0.3) is 0 Å². The average Bonchev–Trinajstić information content (AvgIpc) is 3.01. The fourth-order valence-corrected chi connectivity index (χ4v) is 3.50. The Kier molecular flexibility index (Phi) is 4.89. The molecule has 1 heterocycles. The Labute approximate surface area is 162 Å². The molecule has 1 aliphatic heterocycles. The van der Waals surface area contributed by atoms with Crippen molar-refractivity contribution in [1.82, 2.24) is 0 Å². The summed E-state index contributed by atoms with van der Waals surface area (Å²) in [5.74, 6) is -1.30. The highest BCUT2D eigenvalue weighted by Crippen LogP contribution is 2.40. The van der Waals surface area contributed by atoms with E-state index >= 15 is 0 Å². The van der Waals surface area contributed by atoms with Gasteiger partial charge in [-0.25, -0.2) is 4.39 Å². The Morgan fingerprint density at radius 1 is 0.929 bits per heavy atom. The number of hydrogen-bond donors (Lipinski definition) is 0. The molecule has 4 nitrogen and oxygen atoms in total. The monoisotopic (exact) mass is 375 g/mol. The molecule has 5 heteroatoms. The summed E-state index contributed by atoms with van der Waals surface area (Å²) in [6, 6.07) is 22.0. The van der Waals surface area contributed by atoms with E-state index in [2.05, 4.69) is 0 Å². The highest BCUT2D eigenvalue weighted by Gasteiger charge is 2.41. The van der Waals surface area contributed by atoms with Crippen molar-refractivity contribution in [3.05, 3.63) is 101 Å². The molecule has 0 saturated carbocycles. The zero-order valence-electron chi connectivity index (χ0n) is 15.0. The van der Waals surface area contributed by atoms with Crippen LogP contribution in [0.5, 0.6) is 0 Å². The predicted octanol–water partition coefficient (Wildman–Crippen LogP) is 4.66. The summed E-state index contributed by atoms with van der Waals surface area (Å²) in [5, 5.41) is 0. The smallest absolute Gasteiger partial charge is 0.308 e. The molecular weight excluding hydrogens is 357 g/mol. The summed E-state index contributed by atoms with van der Waals surface area (Å²) in [4.78, 5) is 26.9. The number of ether oxygens (including phenoxy) is 1. The molecule has 140 valence electrons. The van der Waals surface area contributed by atoms with Crippen LogP contribution in [-0.2, 0) is 16.1 Å². The standard InChI is InChI=1S/C23H18FNO3/c24-19-13-7-12-18-22(19)20(25(23(18)27)17-10-5-2-6-11-17)14-21(26)28-15-16-8-3-1-4-9-16/h1-13,20H,14-15H2. The van der Waals surface area contributed by atoms with E-state index in [4.69, 9.17) is 4.74 Å². The molecule has 1 atom stereocenters. The number of nitrogens with zero attached hydrogens (tertiary/aromatic N) is 1. The summed E-state index contributed by atoms with van der Waals surface area (Å²) in [7, 11) is 0. The summed E-state index contributed by atoms with van der Waals surface area (Å²) >= 11 is 0. The maximum atomic E-state index is 14.6. The van der Waals surface area contributed by atoms with Crippen molar-refractivity contribution >= 4 is 17.6 Å². The Bertz CT molecular complexity index is 1000. The first-order valence-corrected chi connectivity index (χ1v) is 9.01. The number of anilines is 1. The molecule has 0 bridgehead atoms. The number of fused-ring (bicyclic) bond motifs is 1. The van der Waals surface area contributed by atoms with Crippen molar-refractivity contribution in [2.24, 2.45) is 0 Å². The van der Waals surface area contributed by atoms with Crippen molar-refractivity contribution in [3.8, 4) is 0 Å². The largest absolute Gasteiger partial charge is 0.461 e. The number of halogens is 1. The minimum Gasteiger partial charge on any atom is -0.461 e. The number of rotatable bonds is 5. The zero-order chi connectivity index (χ0) is 19.5. The Balaban J connectivity index is 1.60. The molecule has 1 amide bonds. The molecule has 4 rings (SSSR count). The quantitative estimate of drug-likeness (QED) is 0.609. The molecule has 1 unspecified atom stereocenters. The predicted molar refractivity (Wildman–Crippen MR) is 103 cm³/mol. The van der Waals surface area contributed by atoms with Crippen LogP contribution in [0.4, 0.5) is 10.1 Å². The highest BCUT2D eigenvalue weighted by molar-refractivity contribution is 6.11. The third-order valence-electron chi connectivity index (χ3n) is 4.78. The molecule has 0 aromatic heterocycles. The van der Waals surface area contributed by atoms with Crippen LogP contribution >= 0.6 is 0 Å². The van der Waals surface area contributed by atoms with Gasteiger partial charge in [0.1, 0.15) is 12.4 Å². The third-order valence-corrected chi connectivity index (χ3v) is 4.78. The molecule has 0 N–H and O–H groups in total.